The van der Waals surface area contributed by atoms with Crippen molar-refractivity contribution >= 4 is 11.8 Å². The summed E-state index contributed by atoms with van der Waals surface area (Å²) in [5.41, 5.74) is 0. The van der Waals surface area contributed by atoms with Crippen LogP contribution in [-0.2, 0) is 9.59 Å². The third-order valence-corrected chi connectivity index (χ3v) is 4.81. The molecule has 0 N–H and O–H groups in total. The van der Waals surface area contributed by atoms with E-state index < -0.39 is 36.7 Å². The van der Waals surface area contributed by atoms with Gasteiger partial charge in [-0.15, -0.1) is 0 Å². The fourth-order valence-electron chi connectivity index (χ4n) is 3.48. The maximum atomic E-state index is 13.8. The third-order valence-electron chi connectivity index (χ3n) is 4.81. The van der Waals surface area contributed by atoms with Crippen LogP contribution in [0.4, 0.5) is 8.78 Å². The summed E-state index contributed by atoms with van der Waals surface area (Å²) < 4.78 is 33.4. The van der Waals surface area contributed by atoms with E-state index in [2.05, 4.69) is 6.58 Å². The lowest BCUT2D eigenvalue weighted by Gasteiger charge is -2.35. The molecule has 2 amide bonds. The number of alkyl halides is 2. The van der Waals surface area contributed by atoms with Crippen LogP contribution in [0.2, 0.25) is 0 Å². The first kappa shape index (κ1) is 18.4. The molecule has 5 nitrogen and oxygen atoms in total. The van der Waals surface area contributed by atoms with Crippen LogP contribution in [-0.4, -0.2) is 59.3 Å². The Bertz CT molecular complexity index is 673. The smallest absolute Gasteiger partial charge is 0.267 e. The lowest BCUT2D eigenvalue weighted by Crippen LogP contribution is -2.50. The van der Waals surface area contributed by atoms with E-state index >= 15 is 0 Å². The fraction of sp³-hybridized carbons (Fsp3) is 0.474. The van der Waals surface area contributed by atoms with Gasteiger partial charge < -0.3 is 14.5 Å². The molecule has 2 saturated heterocycles. The van der Waals surface area contributed by atoms with Gasteiger partial charge in [0.05, 0.1) is 6.54 Å². The minimum Gasteiger partial charge on any atom is -0.490 e. The number of benzene rings is 1. The van der Waals surface area contributed by atoms with Crippen molar-refractivity contribution in [3.8, 4) is 5.75 Å². The first-order chi connectivity index (χ1) is 12.4. The van der Waals surface area contributed by atoms with Crippen LogP contribution in [0.3, 0.4) is 0 Å². The van der Waals surface area contributed by atoms with E-state index in [-0.39, 0.29) is 6.10 Å². The molecule has 26 heavy (non-hydrogen) atoms. The zero-order valence-electron chi connectivity index (χ0n) is 14.4. The zero-order valence-corrected chi connectivity index (χ0v) is 14.4. The molecule has 0 saturated carbocycles. The van der Waals surface area contributed by atoms with Crippen molar-refractivity contribution in [2.75, 3.05) is 19.6 Å². The van der Waals surface area contributed by atoms with Crippen molar-refractivity contribution in [2.45, 2.75) is 37.3 Å². The molecular formula is C19H22F2N2O3. The number of para-hydroxylation sites is 1. The van der Waals surface area contributed by atoms with E-state index in [1.165, 1.54) is 0 Å². The summed E-state index contributed by atoms with van der Waals surface area (Å²) in [6.45, 7) is 3.45. The van der Waals surface area contributed by atoms with Gasteiger partial charge in [0.25, 0.3) is 5.92 Å². The topological polar surface area (TPSA) is 49.9 Å². The first-order valence-electron chi connectivity index (χ1n) is 8.71. The van der Waals surface area contributed by atoms with Gasteiger partial charge in [-0.1, -0.05) is 24.8 Å². The van der Waals surface area contributed by atoms with E-state index in [9.17, 15) is 18.4 Å². The minimum absolute atomic E-state index is 0.0163. The van der Waals surface area contributed by atoms with Crippen LogP contribution in [0.5, 0.6) is 5.75 Å². The number of hydrogen-bond donors (Lipinski definition) is 0. The van der Waals surface area contributed by atoms with E-state index in [0.717, 1.165) is 16.7 Å². The molecule has 0 radical (unpaired) electrons. The Kier molecular flexibility index (Phi) is 5.25. The number of likely N-dealkylation sites (tertiary alicyclic amines) is 2. The average Bonchev–Trinajstić information content (AvgIpc) is 2.97. The summed E-state index contributed by atoms with van der Waals surface area (Å²) >= 11 is 0. The molecule has 0 aliphatic carbocycles. The molecule has 1 atom stereocenters. The Morgan fingerprint density at radius 3 is 2.46 bits per heavy atom. The first-order valence-corrected chi connectivity index (χ1v) is 8.71. The normalized spacial score (nSPS) is 22.9. The Balaban J connectivity index is 1.59. The molecule has 0 unspecified atom stereocenters. The standard InChI is InChI=1S/C19H22F2N2O3/c1-2-17(24)23-13-19(20,21)12-16(23)18(25)22-10-8-15(9-11-22)26-14-6-4-3-5-7-14/h2-7,15-16H,1,8-13H2/t16-/m1/s1. The minimum atomic E-state index is -3.05. The van der Waals surface area contributed by atoms with E-state index in [0.29, 0.717) is 25.9 Å². The number of carbonyl (C=O) groups excluding carboxylic acids is 2. The second-order valence-electron chi connectivity index (χ2n) is 6.70. The van der Waals surface area contributed by atoms with Crippen LogP contribution in [0.25, 0.3) is 0 Å². The van der Waals surface area contributed by atoms with Gasteiger partial charge in [-0.3, -0.25) is 9.59 Å². The summed E-state index contributed by atoms with van der Waals surface area (Å²) in [7, 11) is 0. The van der Waals surface area contributed by atoms with Gasteiger partial charge in [-0.25, -0.2) is 8.78 Å². The summed E-state index contributed by atoms with van der Waals surface area (Å²) in [6, 6.07) is 8.30. The molecule has 0 bridgehead atoms. The van der Waals surface area contributed by atoms with Crippen LogP contribution in [0, 0.1) is 0 Å². The maximum Gasteiger partial charge on any atom is 0.267 e. The molecule has 3 rings (SSSR count). The number of piperidine rings is 1. The van der Waals surface area contributed by atoms with E-state index in [4.69, 9.17) is 4.74 Å². The summed E-state index contributed by atoms with van der Waals surface area (Å²) in [6.07, 6.45) is 1.57. The van der Waals surface area contributed by atoms with Crippen molar-refractivity contribution in [1.82, 2.24) is 9.80 Å². The highest BCUT2D eigenvalue weighted by Crippen LogP contribution is 2.33. The number of rotatable bonds is 4. The molecule has 1 aromatic carbocycles. The average molecular weight is 364 g/mol. The number of amides is 2. The van der Waals surface area contributed by atoms with Crippen molar-refractivity contribution in [3.05, 3.63) is 43.0 Å². The van der Waals surface area contributed by atoms with Gasteiger partial charge in [0.2, 0.25) is 11.8 Å². The molecule has 140 valence electrons. The van der Waals surface area contributed by atoms with Gasteiger partial charge in [-0.2, -0.15) is 0 Å². The molecule has 2 heterocycles. The summed E-state index contributed by atoms with van der Waals surface area (Å²) in [5.74, 6) is -3.33. The summed E-state index contributed by atoms with van der Waals surface area (Å²) in [4.78, 5) is 27.0. The molecular weight excluding hydrogens is 342 g/mol. The summed E-state index contributed by atoms with van der Waals surface area (Å²) in [5, 5.41) is 0. The fourth-order valence-corrected chi connectivity index (χ4v) is 3.48. The number of hydrogen-bond acceptors (Lipinski definition) is 3. The Morgan fingerprint density at radius 1 is 1.19 bits per heavy atom. The second-order valence-corrected chi connectivity index (χ2v) is 6.70. The molecule has 2 aliphatic rings. The quantitative estimate of drug-likeness (QED) is 0.772. The van der Waals surface area contributed by atoms with Crippen molar-refractivity contribution in [2.24, 2.45) is 0 Å². The van der Waals surface area contributed by atoms with Crippen molar-refractivity contribution in [3.63, 3.8) is 0 Å². The van der Waals surface area contributed by atoms with Gasteiger partial charge in [0.15, 0.2) is 0 Å². The van der Waals surface area contributed by atoms with Crippen LogP contribution in [0.1, 0.15) is 19.3 Å². The van der Waals surface area contributed by atoms with Crippen molar-refractivity contribution in [1.29, 1.82) is 0 Å². The monoisotopic (exact) mass is 364 g/mol. The predicted octanol–water partition coefficient (Wildman–Crippen LogP) is 2.48. The Hall–Kier alpha value is -2.44. The van der Waals surface area contributed by atoms with Gasteiger partial charge >= 0.3 is 0 Å². The maximum absolute atomic E-state index is 13.8. The number of halogens is 2. The Labute approximate surface area is 151 Å². The highest BCUT2D eigenvalue weighted by atomic mass is 19.3. The number of nitrogens with zero attached hydrogens (tertiary/aromatic N) is 2. The lowest BCUT2D eigenvalue weighted by atomic mass is 10.1. The lowest BCUT2D eigenvalue weighted by molar-refractivity contribution is -0.143. The van der Waals surface area contributed by atoms with E-state index in [1.807, 2.05) is 30.3 Å². The van der Waals surface area contributed by atoms with Crippen LogP contribution < -0.4 is 4.74 Å². The highest BCUT2D eigenvalue weighted by Gasteiger charge is 2.50. The van der Waals surface area contributed by atoms with E-state index in [1.54, 1.807) is 4.90 Å². The predicted molar refractivity (Wildman–Crippen MR) is 91.9 cm³/mol. The Morgan fingerprint density at radius 2 is 1.85 bits per heavy atom. The molecule has 1 aromatic rings. The number of ether oxygens (including phenoxy) is 1. The third kappa shape index (κ3) is 4.03. The van der Waals surface area contributed by atoms with Crippen molar-refractivity contribution < 1.29 is 23.1 Å². The van der Waals surface area contributed by atoms with Gasteiger partial charge in [-0.05, 0) is 18.2 Å². The SMILES string of the molecule is C=CC(=O)N1CC(F)(F)C[C@@H]1C(=O)N1CCC(Oc2ccccc2)CC1. The second kappa shape index (κ2) is 7.43. The molecule has 7 heteroatoms. The molecule has 2 aliphatic heterocycles. The molecule has 2 fully saturated rings. The van der Waals surface area contributed by atoms with Gasteiger partial charge in [0.1, 0.15) is 17.9 Å². The molecule has 0 aromatic heterocycles. The zero-order chi connectivity index (χ0) is 18.7. The van der Waals surface area contributed by atoms with Crippen LogP contribution >= 0.6 is 0 Å². The van der Waals surface area contributed by atoms with Crippen LogP contribution in [0.15, 0.2) is 43.0 Å². The molecule has 0 spiro atoms. The van der Waals surface area contributed by atoms with Gasteiger partial charge in [0, 0.05) is 32.4 Å². The largest absolute Gasteiger partial charge is 0.490 e. The highest BCUT2D eigenvalue weighted by molar-refractivity contribution is 5.93. The number of carbonyl (C=O) groups is 2.